The maximum absolute atomic E-state index is 13.2. The van der Waals surface area contributed by atoms with E-state index in [0.29, 0.717) is 17.6 Å². The highest BCUT2D eigenvalue weighted by molar-refractivity contribution is 9.10. The van der Waals surface area contributed by atoms with E-state index in [9.17, 15) is 9.18 Å². The van der Waals surface area contributed by atoms with E-state index in [2.05, 4.69) is 15.9 Å². The highest BCUT2D eigenvalue weighted by Gasteiger charge is 2.31. The molecule has 1 aromatic rings. The number of rotatable bonds is 1. The van der Waals surface area contributed by atoms with Crippen molar-refractivity contribution in [2.24, 2.45) is 0 Å². The number of amides is 1. The minimum atomic E-state index is -0.913. The Morgan fingerprint density at radius 2 is 2.20 bits per heavy atom. The first-order valence-electron chi connectivity index (χ1n) is 4.50. The van der Waals surface area contributed by atoms with Gasteiger partial charge in [-0.15, -0.1) is 0 Å². The van der Waals surface area contributed by atoms with Crippen LogP contribution in [0.2, 0.25) is 0 Å². The molecular weight excluding hydrogens is 265 g/mol. The summed E-state index contributed by atoms with van der Waals surface area (Å²) in [5.41, 5.74) is 0.855. The highest BCUT2D eigenvalue weighted by atomic mass is 79.9. The van der Waals surface area contributed by atoms with Gasteiger partial charge in [0.1, 0.15) is 5.82 Å². The van der Waals surface area contributed by atoms with Gasteiger partial charge < -0.3 is 10.0 Å². The van der Waals surface area contributed by atoms with E-state index in [1.54, 1.807) is 6.07 Å². The van der Waals surface area contributed by atoms with Crippen LogP contribution in [0.3, 0.4) is 0 Å². The first-order chi connectivity index (χ1) is 7.08. The highest BCUT2D eigenvalue weighted by Crippen LogP contribution is 2.29. The summed E-state index contributed by atoms with van der Waals surface area (Å²) >= 11 is 3.07. The van der Waals surface area contributed by atoms with Crippen molar-refractivity contribution in [2.45, 2.75) is 5.92 Å². The molecule has 0 bridgehead atoms. The zero-order valence-corrected chi connectivity index (χ0v) is 9.37. The largest absolute Gasteiger partial charge is 0.465 e. The van der Waals surface area contributed by atoms with Gasteiger partial charge in [0.15, 0.2) is 0 Å². The van der Waals surface area contributed by atoms with Crippen molar-refractivity contribution in [3.63, 3.8) is 0 Å². The lowest BCUT2D eigenvalue weighted by Crippen LogP contribution is -2.47. The van der Waals surface area contributed by atoms with Crippen LogP contribution in [-0.2, 0) is 0 Å². The summed E-state index contributed by atoms with van der Waals surface area (Å²) in [4.78, 5) is 11.8. The molecule has 1 aromatic carbocycles. The van der Waals surface area contributed by atoms with Crippen LogP contribution in [0.25, 0.3) is 0 Å². The second-order valence-electron chi connectivity index (χ2n) is 3.56. The van der Waals surface area contributed by atoms with E-state index in [1.165, 1.54) is 11.0 Å². The summed E-state index contributed by atoms with van der Waals surface area (Å²) in [6, 6.07) is 4.92. The molecule has 1 amide bonds. The Labute approximate surface area is 94.6 Å². The number of hydrogen-bond donors (Lipinski definition) is 1. The molecule has 3 nitrogen and oxygen atoms in total. The average molecular weight is 274 g/mol. The lowest BCUT2D eigenvalue weighted by Gasteiger charge is -2.37. The smallest absolute Gasteiger partial charge is 0.407 e. The minimum Gasteiger partial charge on any atom is -0.465 e. The summed E-state index contributed by atoms with van der Waals surface area (Å²) in [7, 11) is 0. The SMILES string of the molecule is O=C(O)N1CC(c2ccc(Br)c(F)c2)C1. The summed E-state index contributed by atoms with van der Waals surface area (Å²) in [5.74, 6) is -0.176. The molecule has 15 heavy (non-hydrogen) atoms. The van der Waals surface area contributed by atoms with E-state index < -0.39 is 6.09 Å². The first kappa shape index (κ1) is 10.4. The molecule has 1 aliphatic heterocycles. The van der Waals surface area contributed by atoms with Crippen LogP contribution in [0.4, 0.5) is 9.18 Å². The van der Waals surface area contributed by atoms with Gasteiger partial charge in [-0.05, 0) is 33.6 Å². The van der Waals surface area contributed by atoms with Gasteiger partial charge >= 0.3 is 6.09 Å². The molecule has 0 unspecified atom stereocenters. The molecular formula is C10H9BrFNO2. The maximum atomic E-state index is 13.2. The van der Waals surface area contributed by atoms with Crippen molar-refractivity contribution in [1.29, 1.82) is 0 Å². The van der Waals surface area contributed by atoms with Crippen molar-refractivity contribution in [2.75, 3.05) is 13.1 Å². The molecule has 1 fully saturated rings. The zero-order chi connectivity index (χ0) is 11.0. The topological polar surface area (TPSA) is 40.5 Å². The van der Waals surface area contributed by atoms with Crippen LogP contribution in [0, 0.1) is 5.82 Å². The quantitative estimate of drug-likeness (QED) is 0.855. The lowest BCUT2D eigenvalue weighted by molar-refractivity contribution is 0.105. The van der Waals surface area contributed by atoms with Crippen molar-refractivity contribution in [3.8, 4) is 0 Å². The Bertz CT molecular complexity index is 404. The predicted molar refractivity (Wildman–Crippen MR) is 56.4 cm³/mol. The number of benzene rings is 1. The fourth-order valence-corrected chi connectivity index (χ4v) is 1.86. The van der Waals surface area contributed by atoms with Gasteiger partial charge in [0.25, 0.3) is 0 Å². The number of carboxylic acid groups (broad SMARTS) is 1. The van der Waals surface area contributed by atoms with Gasteiger partial charge in [0, 0.05) is 19.0 Å². The Hall–Kier alpha value is -1.10. The average Bonchev–Trinajstić information content (AvgIpc) is 2.08. The van der Waals surface area contributed by atoms with Crippen LogP contribution < -0.4 is 0 Å². The molecule has 0 radical (unpaired) electrons. The summed E-state index contributed by atoms with van der Waals surface area (Å²) < 4.78 is 13.6. The van der Waals surface area contributed by atoms with Crippen molar-refractivity contribution >= 4 is 22.0 Å². The molecule has 0 saturated carbocycles. The van der Waals surface area contributed by atoms with Gasteiger partial charge in [-0.3, -0.25) is 0 Å². The standard InChI is InChI=1S/C10H9BrFNO2/c11-8-2-1-6(3-9(8)12)7-4-13(5-7)10(14)15/h1-3,7H,4-5H2,(H,14,15). The Kier molecular flexibility index (Phi) is 2.65. The molecule has 0 aromatic heterocycles. The maximum Gasteiger partial charge on any atom is 0.407 e. The van der Waals surface area contributed by atoms with E-state index in [0.717, 1.165) is 5.56 Å². The van der Waals surface area contributed by atoms with Gasteiger partial charge in [0.2, 0.25) is 0 Å². The monoisotopic (exact) mass is 273 g/mol. The van der Waals surface area contributed by atoms with Crippen molar-refractivity contribution in [1.82, 2.24) is 4.90 Å². The van der Waals surface area contributed by atoms with E-state index in [4.69, 9.17) is 5.11 Å². The molecule has 80 valence electrons. The summed E-state index contributed by atoms with van der Waals surface area (Å²) in [5, 5.41) is 8.64. The number of halogens is 2. The lowest BCUT2D eigenvalue weighted by atomic mass is 9.92. The van der Waals surface area contributed by atoms with E-state index >= 15 is 0 Å². The first-order valence-corrected chi connectivity index (χ1v) is 5.30. The van der Waals surface area contributed by atoms with Crippen LogP contribution in [0.1, 0.15) is 11.5 Å². The number of nitrogens with zero attached hydrogens (tertiary/aromatic N) is 1. The molecule has 0 atom stereocenters. The second kappa shape index (κ2) is 3.81. The molecule has 1 N–H and O–H groups in total. The van der Waals surface area contributed by atoms with Gasteiger partial charge in [-0.25, -0.2) is 9.18 Å². The third-order valence-corrected chi connectivity index (χ3v) is 3.21. The zero-order valence-electron chi connectivity index (χ0n) is 7.78. The molecule has 1 saturated heterocycles. The Balaban J connectivity index is 2.07. The third-order valence-electron chi connectivity index (χ3n) is 2.57. The summed E-state index contributed by atoms with van der Waals surface area (Å²) in [6.45, 7) is 0.910. The number of likely N-dealkylation sites (tertiary alicyclic amines) is 1. The molecule has 2 rings (SSSR count). The molecule has 1 heterocycles. The fraction of sp³-hybridized carbons (Fsp3) is 0.300. The molecule has 5 heteroatoms. The van der Waals surface area contributed by atoms with Gasteiger partial charge in [-0.1, -0.05) is 6.07 Å². The van der Waals surface area contributed by atoms with Crippen LogP contribution >= 0.6 is 15.9 Å². The number of hydrogen-bond acceptors (Lipinski definition) is 1. The van der Waals surface area contributed by atoms with Gasteiger partial charge in [-0.2, -0.15) is 0 Å². The predicted octanol–water partition coefficient (Wildman–Crippen LogP) is 2.67. The van der Waals surface area contributed by atoms with E-state index in [-0.39, 0.29) is 11.7 Å². The molecule has 0 aliphatic carbocycles. The van der Waals surface area contributed by atoms with Crippen LogP contribution in [0.5, 0.6) is 0 Å². The third kappa shape index (κ3) is 1.97. The summed E-state index contributed by atoms with van der Waals surface area (Å²) in [6.07, 6.45) is -0.913. The number of carbonyl (C=O) groups is 1. The minimum absolute atomic E-state index is 0.128. The Morgan fingerprint density at radius 3 is 2.73 bits per heavy atom. The van der Waals surface area contributed by atoms with Crippen LogP contribution in [0.15, 0.2) is 22.7 Å². The van der Waals surface area contributed by atoms with E-state index in [1.807, 2.05) is 6.07 Å². The normalized spacial score (nSPS) is 16.3. The molecule has 0 spiro atoms. The molecule has 1 aliphatic rings. The Morgan fingerprint density at radius 1 is 1.53 bits per heavy atom. The van der Waals surface area contributed by atoms with Crippen molar-refractivity contribution in [3.05, 3.63) is 34.1 Å². The fourth-order valence-electron chi connectivity index (χ4n) is 1.61. The van der Waals surface area contributed by atoms with Crippen LogP contribution in [-0.4, -0.2) is 29.2 Å². The second-order valence-corrected chi connectivity index (χ2v) is 4.41. The van der Waals surface area contributed by atoms with Gasteiger partial charge in [0.05, 0.1) is 4.47 Å². The van der Waals surface area contributed by atoms with Crippen molar-refractivity contribution < 1.29 is 14.3 Å².